The highest BCUT2D eigenvalue weighted by atomic mass is 16.6. The molecule has 0 amide bonds. The van der Waals surface area contributed by atoms with Crippen LogP contribution in [0.15, 0.2) is 60.7 Å². The number of carbonyl (C=O) groups is 1. The first kappa shape index (κ1) is 18.2. The zero-order chi connectivity index (χ0) is 17.4. The summed E-state index contributed by atoms with van der Waals surface area (Å²) in [7, 11) is 0. The van der Waals surface area contributed by atoms with Gasteiger partial charge in [-0.2, -0.15) is 0 Å². The van der Waals surface area contributed by atoms with Gasteiger partial charge < -0.3 is 4.74 Å². The van der Waals surface area contributed by atoms with Gasteiger partial charge in [-0.15, -0.1) is 0 Å². The largest absolute Gasteiger partial charge is 0.446 e. The smallest absolute Gasteiger partial charge is 0.319 e. The number of hydrogen-bond acceptors (Lipinski definition) is 3. The second kappa shape index (κ2) is 9.24. The van der Waals surface area contributed by atoms with Gasteiger partial charge in [-0.1, -0.05) is 81.4 Å². The second-order valence-corrected chi connectivity index (χ2v) is 5.78. The summed E-state index contributed by atoms with van der Waals surface area (Å²) in [6, 6.07) is 19.7. The highest BCUT2D eigenvalue weighted by Crippen LogP contribution is 2.27. The van der Waals surface area contributed by atoms with Gasteiger partial charge in [0.15, 0.2) is 6.23 Å². The van der Waals surface area contributed by atoms with Crippen molar-refractivity contribution in [1.82, 2.24) is 4.90 Å². The van der Waals surface area contributed by atoms with Crippen LogP contribution in [0.3, 0.4) is 0 Å². The first-order valence-corrected chi connectivity index (χ1v) is 8.75. The van der Waals surface area contributed by atoms with Crippen molar-refractivity contribution in [3.63, 3.8) is 0 Å². The summed E-state index contributed by atoms with van der Waals surface area (Å²) >= 11 is 0. The SMILES string of the molecule is CC[C@@H](OC(=O)C(c1ccccc1)c1ccccc1)N(CC)CC. The van der Waals surface area contributed by atoms with Crippen molar-refractivity contribution in [2.75, 3.05) is 13.1 Å². The Balaban J connectivity index is 2.29. The molecule has 0 aromatic heterocycles. The molecule has 0 saturated heterocycles. The van der Waals surface area contributed by atoms with Gasteiger partial charge in [-0.05, 0) is 30.6 Å². The molecule has 0 aliphatic rings. The quantitative estimate of drug-likeness (QED) is 0.531. The maximum Gasteiger partial charge on any atom is 0.319 e. The van der Waals surface area contributed by atoms with Crippen molar-refractivity contribution in [2.45, 2.75) is 39.3 Å². The van der Waals surface area contributed by atoms with E-state index in [0.717, 1.165) is 30.6 Å². The molecule has 128 valence electrons. The highest BCUT2D eigenvalue weighted by Gasteiger charge is 2.27. The third kappa shape index (κ3) is 4.45. The first-order chi connectivity index (χ1) is 11.7. The number of nitrogens with zero attached hydrogens (tertiary/aromatic N) is 1. The number of esters is 1. The minimum absolute atomic E-state index is 0.178. The van der Waals surface area contributed by atoms with E-state index in [1.54, 1.807) is 0 Å². The lowest BCUT2D eigenvalue weighted by Crippen LogP contribution is -2.39. The van der Waals surface area contributed by atoms with Gasteiger partial charge in [-0.25, -0.2) is 0 Å². The number of hydrogen-bond donors (Lipinski definition) is 0. The lowest BCUT2D eigenvalue weighted by Gasteiger charge is -2.30. The van der Waals surface area contributed by atoms with Crippen molar-refractivity contribution in [2.24, 2.45) is 0 Å². The van der Waals surface area contributed by atoms with Crippen LogP contribution in [0.1, 0.15) is 44.2 Å². The van der Waals surface area contributed by atoms with Crippen molar-refractivity contribution >= 4 is 5.97 Å². The fraction of sp³-hybridized carbons (Fsp3) is 0.381. The Morgan fingerprint density at radius 3 is 1.71 bits per heavy atom. The maximum atomic E-state index is 13.0. The monoisotopic (exact) mass is 325 g/mol. The summed E-state index contributed by atoms with van der Waals surface area (Å²) in [4.78, 5) is 15.2. The second-order valence-electron chi connectivity index (χ2n) is 5.78. The summed E-state index contributed by atoms with van der Waals surface area (Å²) in [5.74, 6) is -0.580. The molecule has 0 aliphatic heterocycles. The van der Waals surface area contributed by atoms with E-state index in [4.69, 9.17) is 4.74 Å². The number of ether oxygens (including phenoxy) is 1. The average Bonchev–Trinajstić information content (AvgIpc) is 2.63. The topological polar surface area (TPSA) is 29.5 Å². The van der Waals surface area contributed by atoms with Gasteiger partial charge in [0.25, 0.3) is 0 Å². The normalized spacial score (nSPS) is 12.4. The molecule has 0 radical (unpaired) electrons. The Morgan fingerprint density at radius 1 is 0.875 bits per heavy atom. The van der Waals surface area contributed by atoms with Gasteiger partial charge >= 0.3 is 5.97 Å². The van der Waals surface area contributed by atoms with Gasteiger partial charge in [0, 0.05) is 0 Å². The minimum Gasteiger partial charge on any atom is -0.446 e. The van der Waals surface area contributed by atoms with Crippen LogP contribution in [0.2, 0.25) is 0 Å². The lowest BCUT2D eigenvalue weighted by molar-refractivity contribution is -0.160. The van der Waals surface area contributed by atoms with Crippen LogP contribution < -0.4 is 0 Å². The van der Waals surface area contributed by atoms with E-state index in [1.807, 2.05) is 60.7 Å². The van der Waals surface area contributed by atoms with E-state index in [1.165, 1.54) is 0 Å². The van der Waals surface area contributed by atoms with Crippen LogP contribution in [0.4, 0.5) is 0 Å². The predicted octanol–water partition coefficient (Wildman–Crippen LogP) is 4.44. The third-order valence-electron chi connectivity index (χ3n) is 4.32. The number of benzene rings is 2. The maximum absolute atomic E-state index is 13.0. The van der Waals surface area contributed by atoms with E-state index in [2.05, 4.69) is 25.7 Å². The molecule has 2 rings (SSSR count). The number of rotatable bonds is 8. The first-order valence-electron chi connectivity index (χ1n) is 8.75. The standard InChI is InChI=1S/C21H27NO2/c1-4-19(22(5-2)6-3)24-21(23)20(17-13-9-7-10-14-17)18-15-11-8-12-16-18/h7-16,19-20H,4-6H2,1-3H3/t19-/m1/s1. The van der Waals surface area contributed by atoms with Crippen molar-refractivity contribution < 1.29 is 9.53 Å². The molecule has 24 heavy (non-hydrogen) atoms. The highest BCUT2D eigenvalue weighted by molar-refractivity contribution is 5.82. The molecular formula is C21H27NO2. The van der Waals surface area contributed by atoms with Crippen LogP contribution in [-0.2, 0) is 9.53 Å². The molecule has 0 aliphatic carbocycles. The van der Waals surface area contributed by atoms with E-state index in [0.29, 0.717) is 0 Å². The average molecular weight is 325 g/mol. The molecule has 0 bridgehead atoms. The van der Waals surface area contributed by atoms with E-state index < -0.39 is 5.92 Å². The molecule has 0 fully saturated rings. The van der Waals surface area contributed by atoms with E-state index in [9.17, 15) is 4.79 Å². The fourth-order valence-electron chi connectivity index (χ4n) is 3.00. The Bertz CT molecular complexity index is 569. The molecular weight excluding hydrogens is 298 g/mol. The Hall–Kier alpha value is -2.13. The van der Waals surface area contributed by atoms with Crippen molar-refractivity contribution in [3.8, 4) is 0 Å². The third-order valence-corrected chi connectivity index (χ3v) is 4.32. The molecule has 2 aromatic rings. The Kier molecular flexibility index (Phi) is 7.01. The summed E-state index contributed by atoms with van der Waals surface area (Å²) in [6.45, 7) is 7.96. The van der Waals surface area contributed by atoms with Crippen LogP contribution in [0, 0.1) is 0 Å². The molecule has 0 N–H and O–H groups in total. The summed E-state index contributed by atoms with van der Waals surface area (Å²) in [5, 5.41) is 0. The zero-order valence-corrected chi connectivity index (χ0v) is 14.8. The summed E-state index contributed by atoms with van der Waals surface area (Å²) in [6.07, 6.45) is 0.603. The minimum atomic E-state index is -0.392. The van der Waals surface area contributed by atoms with E-state index in [-0.39, 0.29) is 12.2 Å². The number of carbonyl (C=O) groups excluding carboxylic acids is 1. The molecule has 2 aromatic carbocycles. The van der Waals surface area contributed by atoms with Gasteiger partial charge in [0.05, 0.1) is 0 Å². The summed E-state index contributed by atoms with van der Waals surface area (Å²) < 4.78 is 5.90. The molecule has 0 saturated carbocycles. The predicted molar refractivity (Wildman–Crippen MR) is 97.8 cm³/mol. The molecule has 3 heteroatoms. The van der Waals surface area contributed by atoms with Crippen LogP contribution in [0.25, 0.3) is 0 Å². The summed E-state index contributed by atoms with van der Waals surface area (Å²) in [5.41, 5.74) is 1.92. The van der Waals surface area contributed by atoms with Gasteiger partial charge in [-0.3, -0.25) is 9.69 Å². The van der Waals surface area contributed by atoms with Gasteiger partial charge in [0.2, 0.25) is 0 Å². The molecule has 0 heterocycles. The molecule has 0 unspecified atom stereocenters. The van der Waals surface area contributed by atoms with Crippen LogP contribution >= 0.6 is 0 Å². The van der Waals surface area contributed by atoms with Crippen LogP contribution in [0.5, 0.6) is 0 Å². The zero-order valence-electron chi connectivity index (χ0n) is 14.8. The van der Waals surface area contributed by atoms with Crippen molar-refractivity contribution in [3.05, 3.63) is 71.8 Å². The Morgan fingerprint density at radius 2 is 1.33 bits per heavy atom. The van der Waals surface area contributed by atoms with Gasteiger partial charge in [0.1, 0.15) is 5.92 Å². The van der Waals surface area contributed by atoms with Crippen molar-refractivity contribution in [1.29, 1.82) is 0 Å². The fourth-order valence-corrected chi connectivity index (χ4v) is 3.00. The van der Waals surface area contributed by atoms with E-state index >= 15 is 0 Å². The molecule has 0 spiro atoms. The Labute approximate surface area is 145 Å². The molecule has 3 nitrogen and oxygen atoms in total. The lowest BCUT2D eigenvalue weighted by atomic mass is 9.91. The van der Waals surface area contributed by atoms with Crippen LogP contribution in [-0.4, -0.2) is 30.2 Å². The molecule has 1 atom stereocenters.